The number of nitrogens with one attached hydrogen (secondary N) is 1. The zero-order chi connectivity index (χ0) is 23.3. The number of para-hydroxylation sites is 1. The first kappa shape index (κ1) is 21.5. The lowest BCUT2D eigenvalue weighted by molar-refractivity contribution is 0.0928. The molecule has 0 aliphatic heterocycles. The first-order valence-corrected chi connectivity index (χ1v) is 11.4. The molecule has 0 saturated carbocycles. The molecule has 5 aromatic rings. The van der Waals surface area contributed by atoms with Gasteiger partial charge in [0.1, 0.15) is 11.4 Å². The molecule has 5 rings (SSSR count). The maximum atomic E-state index is 13.7. The molecule has 168 valence electrons. The third-order valence-corrected chi connectivity index (χ3v) is 5.94. The Bertz CT molecular complexity index is 1370. The molecule has 0 saturated heterocycles. The second-order valence-corrected chi connectivity index (χ2v) is 8.29. The van der Waals surface area contributed by atoms with E-state index in [-0.39, 0.29) is 11.9 Å². The quantitative estimate of drug-likeness (QED) is 0.354. The molecular formula is C29H26N4O. The van der Waals surface area contributed by atoms with E-state index in [0.717, 1.165) is 28.2 Å². The highest BCUT2D eigenvalue weighted by Crippen LogP contribution is 2.24. The molecule has 2 aromatic heterocycles. The van der Waals surface area contributed by atoms with Crippen molar-refractivity contribution in [1.29, 1.82) is 0 Å². The van der Waals surface area contributed by atoms with Crippen LogP contribution >= 0.6 is 0 Å². The van der Waals surface area contributed by atoms with Crippen molar-refractivity contribution in [3.05, 3.63) is 132 Å². The minimum absolute atomic E-state index is 0.165. The summed E-state index contributed by atoms with van der Waals surface area (Å²) in [5, 5.41) is 8.08. The highest BCUT2D eigenvalue weighted by Gasteiger charge is 2.22. The fourth-order valence-corrected chi connectivity index (χ4v) is 4.18. The van der Waals surface area contributed by atoms with Crippen LogP contribution in [0.15, 0.2) is 115 Å². The van der Waals surface area contributed by atoms with E-state index in [1.165, 1.54) is 0 Å². The van der Waals surface area contributed by atoms with Crippen molar-refractivity contribution in [1.82, 2.24) is 19.7 Å². The molecule has 0 bridgehead atoms. The van der Waals surface area contributed by atoms with Gasteiger partial charge in [0, 0.05) is 13.2 Å². The van der Waals surface area contributed by atoms with Crippen LogP contribution in [0.1, 0.15) is 27.7 Å². The summed E-state index contributed by atoms with van der Waals surface area (Å²) >= 11 is 0. The molecule has 1 N–H and O–H groups in total. The molecule has 5 nitrogen and oxygen atoms in total. The van der Waals surface area contributed by atoms with Crippen LogP contribution in [0.5, 0.6) is 0 Å². The molecule has 0 spiro atoms. The highest BCUT2D eigenvalue weighted by atomic mass is 16.2. The maximum Gasteiger partial charge on any atom is 0.270 e. The summed E-state index contributed by atoms with van der Waals surface area (Å²) in [6.45, 7) is 0. The molecule has 3 aromatic carbocycles. The topological polar surface area (TPSA) is 51.9 Å². The van der Waals surface area contributed by atoms with Gasteiger partial charge in [-0.1, -0.05) is 78.9 Å². The van der Waals surface area contributed by atoms with E-state index < -0.39 is 0 Å². The van der Waals surface area contributed by atoms with Crippen molar-refractivity contribution >= 4 is 5.91 Å². The van der Waals surface area contributed by atoms with Crippen molar-refractivity contribution < 1.29 is 4.79 Å². The van der Waals surface area contributed by atoms with Gasteiger partial charge in [-0.25, -0.2) is 4.68 Å². The number of nitrogens with zero attached hydrogens (tertiary/aromatic N) is 3. The number of rotatable bonds is 7. The van der Waals surface area contributed by atoms with E-state index in [1.54, 1.807) is 4.68 Å². The summed E-state index contributed by atoms with van der Waals surface area (Å²) in [6.07, 6.45) is 2.67. The number of carbonyl (C=O) groups excluding carboxylic acids is 1. The van der Waals surface area contributed by atoms with Gasteiger partial charge in [-0.05, 0) is 47.9 Å². The Morgan fingerprint density at radius 2 is 1.50 bits per heavy atom. The molecule has 2 heterocycles. The molecule has 1 amide bonds. The van der Waals surface area contributed by atoms with Crippen LogP contribution in [0.3, 0.4) is 0 Å². The summed E-state index contributed by atoms with van der Waals surface area (Å²) < 4.78 is 3.73. The Morgan fingerprint density at radius 1 is 0.853 bits per heavy atom. The minimum Gasteiger partial charge on any atom is -0.349 e. The molecule has 5 heteroatoms. The van der Waals surface area contributed by atoms with Gasteiger partial charge in [0.05, 0.1) is 17.4 Å². The van der Waals surface area contributed by atoms with Crippen LogP contribution in [0.25, 0.3) is 17.1 Å². The molecule has 0 aliphatic carbocycles. The number of benzene rings is 3. The second kappa shape index (κ2) is 9.63. The standard InChI is InChI=1S/C29H26N4O/c1-32-19-11-18-27(32)26-21-28(33(31-26)24-16-9-4-10-17-24)29(34)30-25(23-14-7-3-8-15-23)20-22-12-5-2-6-13-22/h2-19,21,25H,20H2,1H3,(H,30,34). The predicted octanol–water partition coefficient (Wildman–Crippen LogP) is 5.59. The molecule has 1 atom stereocenters. The third kappa shape index (κ3) is 4.55. The van der Waals surface area contributed by atoms with Gasteiger partial charge in [-0.3, -0.25) is 4.79 Å². The SMILES string of the molecule is Cn1cccc1-c1cc(C(=O)NC(Cc2ccccc2)c2ccccc2)n(-c2ccccc2)n1. The molecule has 34 heavy (non-hydrogen) atoms. The summed E-state index contributed by atoms with van der Waals surface area (Å²) in [5.74, 6) is -0.165. The Labute approximate surface area is 199 Å². The monoisotopic (exact) mass is 446 g/mol. The van der Waals surface area contributed by atoms with E-state index in [0.29, 0.717) is 12.1 Å². The second-order valence-electron chi connectivity index (χ2n) is 8.29. The predicted molar refractivity (Wildman–Crippen MR) is 135 cm³/mol. The maximum absolute atomic E-state index is 13.7. The van der Waals surface area contributed by atoms with Crippen molar-refractivity contribution in [2.24, 2.45) is 7.05 Å². The van der Waals surface area contributed by atoms with Gasteiger partial charge in [-0.2, -0.15) is 5.10 Å². The largest absolute Gasteiger partial charge is 0.349 e. The van der Waals surface area contributed by atoms with Gasteiger partial charge in [-0.15, -0.1) is 0 Å². The Morgan fingerprint density at radius 3 is 2.15 bits per heavy atom. The molecule has 1 unspecified atom stereocenters. The number of aromatic nitrogens is 3. The van der Waals surface area contributed by atoms with E-state index in [4.69, 9.17) is 5.10 Å². The number of carbonyl (C=O) groups is 1. The van der Waals surface area contributed by atoms with Crippen LogP contribution in [-0.4, -0.2) is 20.3 Å². The van der Waals surface area contributed by atoms with E-state index in [2.05, 4.69) is 29.6 Å². The number of hydrogen-bond donors (Lipinski definition) is 1. The van der Waals surface area contributed by atoms with Gasteiger partial charge in [0.25, 0.3) is 5.91 Å². The van der Waals surface area contributed by atoms with E-state index in [1.807, 2.05) is 103 Å². The number of hydrogen-bond acceptors (Lipinski definition) is 2. The first-order valence-electron chi connectivity index (χ1n) is 11.4. The van der Waals surface area contributed by atoms with Crippen LogP contribution in [0.2, 0.25) is 0 Å². The van der Waals surface area contributed by atoms with Crippen LogP contribution in [0, 0.1) is 0 Å². The van der Waals surface area contributed by atoms with Gasteiger partial charge < -0.3 is 9.88 Å². The minimum atomic E-state index is -0.172. The van der Waals surface area contributed by atoms with Crippen molar-refractivity contribution in [2.45, 2.75) is 12.5 Å². The van der Waals surface area contributed by atoms with Crippen LogP contribution in [-0.2, 0) is 13.5 Å². The number of amides is 1. The molecule has 0 fully saturated rings. The van der Waals surface area contributed by atoms with E-state index in [9.17, 15) is 4.79 Å². The molecular weight excluding hydrogens is 420 g/mol. The fraction of sp³-hybridized carbons (Fsp3) is 0.103. The van der Waals surface area contributed by atoms with Crippen LogP contribution < -0.4 is 5.32 Å². The summed E-state index contributed by atoms with van der Waals surface area (Å²) in [4.78, 5) is 13.7. The summed E-state index contributed by atoms with van der Waals surface area (Å²) in [5.41, 5.74) is 5.27. The van der Waals surface area contributed by atoms with Crippen molar-refractivity contribution in [3.8, 4) is 17.1 Å². The van der Waals surface area contributed by atoms with Gasteiger partial charge in [0.2, 0.25) is 0 Å². The normalized spacial score (nSPS) is 11.8. The molecule has 0 radical (unpaired) electrons. The number of aryl methyl sites for hydroxylation is 1. The summed E-state index contributed by atoms with van der Waals surface area (Å²) in [7, 11) is 1.97. The van der Waals surface area contributed by atoms with Gasteiger partial charge in [0.15, 0.2) is 0 Å². The fourth-order valence-electron chi connectivity index (χ4n) is 4.18. The van der Waals surface area contributed by atoms with Crippen LogP contribution in [0.4, 0.5) is 0 Å². The Balaban J connectivity index is 1.52. The van der Waals surface area contributed by atoms with Gasteiger partial charge >= 0.3 is 0 Å². The highest BCUT2D eigenvalue weighted by molar-refractivity contribution is 5.94. The first-order chi connectivity index (χ1) is 16.7. The van der Waals surface area contributed by atoms with Crippen molar-refractivity contribution in [3.63, 3.8) is 0 Å². The average molecular weight is 447 g/mol. The Hall–Kier alpha value is -4.38. The van der Waals surface area contributed by atoms with E-state index >= 15 is 0 Å². The zero-order valence-corrected chi connectivity index (χ0v) is 19.0. The lowest BCUT2D eigenvalue weighted by Crippen LogP contribution is -2.31. The smallest absolute Gasteiger partial charge is 0.270 e. The Kier molecular flexibility index (Phi) is 6.08. The lowest BCUT2D eigenvalue weighted by atomic mass is 9.98. The third-order valence-electron chi connectivity index (χ3n) is 5.94. The summed E-state index contributed by atoms with van der Waals surface area (Å²) in [6, 6.07) is 35.7. The average Bonchev–Trinajstić information content (AvgIpc) is 3.52. The molecule has 0 aliphatic rings. The lowest BCUT2D eigenvalue weighted by Gasteiger charge is -2.20. The zero-order valence-electron chi connectivity index (χ0n) is 19.0. The van der Waals surface area contributed by atoms with Crippen molar-refractivity contribution in [2.75, 3.05) is 0 Å².